The molecule has 4 heteroatoms. The molecule has 0 saturated carbocycles. The number of aryl methyl sites for hydroxylation is 1. The third-order valence-electron chi connectivity index (χ3n) is 3.70. The standard InChI is InChI=1S/C17H18N2OS/c1-11-7-9-13(10-8-11)16-14(19-17(18)21-16)15(20)12-5-3-2-4-6-12/h2-10,14-16,20H,1H3,(H2,18,19)/t14-,15-,16-/m0/s1. The number of rotatable bonds is 3. The van der Waals surface area contributed by atoms with E-state index in [0.717, 1.165) is 11.1 Å². The van der Waals surface area contributed by atoms with E-state index >= 15 is 0 Å². The Morgan fingerprint density at radius 2 is 1.76 bits per heavy atom. The summed E-state index contributed by atoms with van der Waals surface area (Å²) in [7, 11) is 0. The van der Waals surface area contributed by atoms with Crippen LogP contribution in [0.3, 0.4) is 0 Å². The van der Waals surface area contributed by atoms with Crippen LogP contribution in [0.25, 0.3) is 0 Å². The van der Waals surface area contributed by atoms with E-state index in [-0.39, 0.29) is 11.3 Å². The van der Waals surface area contributed by atoms with Crippen molar-refractivity contribution in [3.63, 3.8) is 0 Å². The molecule has 2 aromatic rings. The van der Waals surface area contributed by atoms with E-state index < -0.39 is 6.10 Å². The Bertz CT molecular complexity index is 640. The van der Waals surface area contributed by atoms with Gasteiger partial charge in [-0.2, -0.15) is 0 Å². The highest BCUT2D eigenvalue weighted by Crippen LogP contribution is 2.43. The molecule has 0 fully saturated rings. The molecule has 3 nitrogen and oxygen atoms in total. The highest BCUT2D eigenvalue weighted by molar-refractivity contribution is 8.14. The molecule has 3 rings (SSSR count). The van der Waals surface area contributed by atoms with Crippen LogP contribution in [-0.2, 0) is 0 Å². The third-order valence-corrected chi connectivity index (χ3v) is 4.86. The maximum atomic E-state index is 10.6. The topological polar surface area (TPSA) is 58.6 Å². The molecular weight excluding hydrogens is 280 g/mol. The van der Waals surface area contributed by atoms with Crippen molar-refractivity contribution in [2.24, 2.45) is 10.7 Å². The van der Waals surface area contributed by atoms with Gasteiger partial charge in [-0.25, -0.2) is 0 Å². The van der Waals surface area contributed by atoms with Crippen LogP contribution in [0, 0.1) is 6.92 Å². The van der Waals surface area contributed by atoms with Crippen molar-refractivity contribution in [3.8, 4) is 0 Å². The molecule has 0 amide bonds. The molecule has 3 N–H and O–H groups in total. The van der Waals surface area contributed by atoms with Crippen LogP contribution in [-0.4, -0.2) is 16.3 Å². The van der Waals surface area contributed by atoms with E-state index in [1.165, 1.54) is 17.3 Å². The number of aliphatic hydroxyl groups is 1. The predicted molar refractivity (Wildman–Crippen MR) is 88.3 cm³/mol. The second-order valence-electron chi connectivity index (χ2n) is 5.26. The van der Waals surface area contributed by atoms with Crippen molar-refractivity contribution < 1.29 is 5.11 Å². The van der Waals surface area contributed by atoms with Gasteiger partial charge in [0.05, 0.1) is 11.3 Å². The summed E-state index contributed by atoms with van der Waals surface area (Å²) in [6, 6.07) is 17.7. The van der Waals surface area contributed by atoms with Crippen molar-refractivity contribution in [2.45, 2.75) is 24.3 Å². The highest BCUT2D eigenvalue weighted by atomic mass is 32.2. The van der Waals surface area contributed by atoms with Crippen molar-refractivity contribution >= 4 is 16.9 Å². The van der Waals surface area contributed by atoms with Gasteiger partial charge in [-0.3, -0.25) is 4.99 Å². The summed E-state index contributed by atoms with van der Waals surface area (Å²) < 4.78 is 0. The summed E-state index contributed by atoms with van der Waals surface area (Å²) >= 11 is 1.52. The Kier molecular flexibility index (Phi) is 3.99. The molecule has 0 bridgehead atoms. The maximum absolute atomic E-state index is 10.6. The van der Waals surface area contributed by atoms with Gasteiger partial charge in [0.25, 0.3) is 0 Å². The maximum Gasteiger partial charge on any atom is 0.155 e. The van der Waals surface area contributed by atoms with Crippen LogP contribution in [0.4, 0.5) is 0 Å². The average Bonchev–Trinajstić information content (AvgIpc) is 2.90. The van der Waals surface area contributed by atoms with Crippen molar-refractivity contribution in [3.05, 3.63) is 71.3 Å². The smallest absolute Gasteiger partial charge is 0.155 e. The van der Waals surface area contributed by atoms with Gasteiger partial charge in [-0.15, -0.1) is 0 Å². The van der Waals surface area contributed by atoms with E-state index in [0.29, 0.717) is 5.17 Å². The first-order valence-electron chi connectivity index (χ1n) is 6.94. The Labute approximate surface area is 128 Å². The lowest BCUT2D eigenvalue weighted by atomic mass is 9.96. The van der Waals surface area contributed by atoms with Gasteiger partial charge in [0.1, 0.15) is 6.10 Å². The van der Waals surface area contributed by atoms with E-state index in [1.807, 2.05) is 30.3 Å². The zero-order valence-corrected chi connectivity index (χ0v) is 12.6. The largest absolute Gasteiger partial charge is 0.386 e. The summed E-state index contributed by atoms with van der Waals surface area (Å²) in [4.78, 5) is 4.45. The van der Waals surface area contributed by atoms with Gasteiger partial charge in [0, 0.05) is 0 Å². The normalized spacial score (nSPS) is 22.9. The van der Waals surface area contributed by atoms with Crippen molar-refractivity contribution in [1.82, 2.24) is 0 Å². The van der Waals surface area contributed by atoms with Crippen molar-refractivity contribution in [2.75, 3.05) is 0 Å². The van der Waals surface area contributed by atoms with Crippen molar-refractivity contribution in [1.29, 1.82) is 0 Å². The summed E-state index contributed by atoms with van der Waals surface area (Å²) in [5, 5.41) is 11.2. The number of aliphatic hydroxyl groups excluding tert-OH is 1. The molecular formula is C17H18N2OS. The first-order valence-corrected chi connectivity index (χ1v) is 7.82. The molecule has 21 heavy (non-hydrogen) atoms. The van der Waals surface area contributed by atoms with E-state index in [2.05, 4.69) is 36.2 Å². The van der Waals surface area contributed by atoms with Gasteiger partial charge in [0.15, 0.2) is 5.17 Å². The van der Waals surface area contributed by atoms with Gasteiger partial charge < -0.3 is 10.8 Å². The number of nitrogens with zero attached hydrogens (tertiary/aromatic N) is 1. The van der Waals surface area contributed by atoms with Crippen LogP contribution in [0.15, 0.2) is 59.6 Å². The molecule has 108 valence electrons. The number of benzene rings is 2. The lowest BCUT2D eigenvalue weighted by Crippen LogP contribution is -2.20. The number of thioether (sulfide) groups is 1. The number of nitrogens with two attached hydrogens (primary N) is 1. The van der Waals surface area contributed by atoms with E-state index in [4.69, 9.17) is 5.73 Å². The van der Waals surface area contributed by atoms with Gasteiger partial charge in [-0.05, 0) is 18.1 Å². The molecule has 1 heterocycles. The molecule has 3 atom stereocenters. The Balaban J connectivity index is 1.90. The minimum absolute atomic E-state index is 0.0563. The van der Waals surface area contributed by atoms with Crippen LogP contribution in [0.5, 0.6) is 0 Å². The molecule has 0 spiro atoms. The Morgan fingerprint density at radius 3 is 2.43 bits per heavy atom. The zero-order chi connectivity index (χ0) is 14.8. The fraction of sp³-hybridized carbons (Fsp3) is 0.235. The quantitative estimate of drug-likeness (QED) is 0.915. The summed E-state index contributed by atoms with van der Waals surface area (Å²) in [6.45, 7) is 2.06. The van der Waals surface area contributed by atoms with E-state index in [9.17, 15) is 5.11 Å². The average molecular weight is 298 g/mol. The van der Waals surface area contributed by atoms with Crippen LogP contribution >= 0.6 is 11.8 Å². The SMILES string of the molecule is Cc1ccc([C@@H]2SC(N)=N[C@H]2[C@@H](O)c2ccccc2)cc1. The third kappa shape index (κ3) is 2.96. The second-order valence-corrected chi connectivity index (χ2v) is 6.42. The predicted octanol–water partition coefficient (Wildman–Crippen LogP) is 3.20. The fourth-order valence-electron chi connectivity index (χ4n) is 2.55. The Morgan fingerprint density at radius 1 is 1.10 bits per heavy atom. The van der Waals surface area contributed by atoms with Crippen LogP contribution < -0.4 is 5.73 Å². The zero-order valence-electron chi connectivity index (χ0n) is 11.8. The summed E-state index contributed by atoms with van der Waals surface area (Å²) in [6.07, 6.45) is -0.647. The highest BCUT2D eigenvalue weighted by Gasteiger charge is 2.36. The molecule has 0 unspecified atom stereocenters. The molecule has 1 aliphatic rings. The summed E-state index contributed by atoms with van der Waals surface area (Å²) in [5.74, 6) is 0. The molecule has 0 radical (unpaired) electrons. The minimum atomic E-state index is -0.647. The first kappa shape index (κ1) is 14.2. The van der Waals surface area contributed by atoms with E-state index in [1.54, 1.807) is 0 Å². The first-order chi connectivity index (χ1) is 10.1. The number of hydrogen-bond donors (Lipinski definition) is 2. The fourth-order valence-corrected chi connectivity index (χ4v) is 3.63. The number of amidine groups is 1. The molecule has 2 aromatic carbocycles. The lowest BCUT2D eigenvalue weighted by molar-refractivity contribution is 0.147. The molecule has 0 aliphatic carbocycles. The number of aliphatic imine (C=N–C) groups is 1. The van der Waals surface area contributed by atoms with Crippen LogP contribution in [0.1, 0.15) is 28.0 Å². The van der Waals surface area contributed by atoms with Gasteiger partial charge >= 0.3 is 0 Å². The Hall–Kier alpha value is -1.78. The van der Waals surface area contributed by atoms with Gasteiger partial charge in [-0.1, -0.05) is 71.9 Å². The number of hydrogen-bond acceptors (Lipinski definition) is 4. The molecule has 1 aliphatic heterocycles. The van der Waals surface area contributed by atoms with Crippen LogP contribution in [0.2, 0.25) is 0 Å². The van der Waals surface area contributed by atoms with Gasteiger partial charge in [0.2, 0.25) is 0 Å². The summed E-state index contributed by atoms with van der Waals surface area (Å²) in [5.41, 5.74) is 9.14. The molecule has 0 aromatic heterocycles. The molecule has 0 saturated heterocycles. The monoisotopic (exact) mass is 298 g/mol. The lowest BCUT2D eigenvalue weighted by Gasteiger charge is -2.23. The second kappa shape index (κ2) is 5.92. The minimum Gasteiger partial charge on any atom is -0.386 e.